The molecule has 0 amide bonds. The summed E-state index contributed by atoms with van der Waals surface area (Å²) in [6.07, 6.45) is 1.03. The number of rotatable bonds is 8. The van der Waals surface area contributed by atoms with Crippen LogP contribution in [0.5, 0.6) is 5.75 Å². The molecule has 1 fully saturated rings. The number of hydrogen-bond donors (Lipinski definition) is 1. The Kier molecular flexibility index (Phi) is 7.71. The summed E-state index contributed by atoms with van der Waals surface area (Å²) >= 11 is 5.70. The Labute approximate surface area is 172 Å². The van der Waals surface area contributed by atoms with Gasteiger partial charge in [-0.3, -0.25) is 4.90 Å². The van der Waals surface area contributed by atoms with E-state index in [1.54, 1.807) is 7.11 Å². The topological polar surface area (TPSA) is 50.1 Å². The predicted molar refractivity (Wildman–Crippen MR) is 115 cm³/mol. The number of hydrogen-bond acceptors (Lipinski definition) is 5. The number of nitrogens with zero attached hydrogens (tertiary/aromatic N) is 2. The molecule has 152 valence electrons. The van der Waals surface area contributed by atoms with Gasteiger partial charge in [0.2, 0.25) is 0 Å². The number of nitrogens with one attached hydrogen (secondary N) is 1. The van der Waals surface area contributed by atoms with Gasteiger partial charge in [-0.1, -0.05) is 0 Å². The molecule has 0 unspecified atom stereocenters. The molecule has 1 saturated heterocycles. The lowest BCUT2D eigenvalue weighted by Crippen LogP contribution is -2.39. The summed E-state index contributed by atoms with van der Waals surface area (Å²) in [5.41, 5.74) is 0.944. The van der Waals surface area contributed by atoms with Crippen molar-refractivity contribution in [3.05, 3.63) is 47.9 Å². The molecule has 1 aromatic carbocycles. The Morgan fingerprint density at radius 1 is 1.18 bits per heavy atom. The fraction of sp³-hybridized carbons (Fsp3) is 0.476. The molecule has 0 aliphatic carbocycles. The number of ether oxygens (including phenoxy) is 2. The van der Waals surface area contributed by atoms with Crippen molar-refractivity contribution < 1.29 is 13.9 Å². The summed E-state index contributed by atoms with van der Waals surface area (Å²) in [6.45, 7) is 8.18. The zero-order valence-corrected chi connectivity index (χ0v) is 17.5. The van der Waals surface area contributed by atoms with Crippen LogP contribution in [0, 0.1) is 6.92 Å². The Balaban J connectivity index is 1.59. The molecule has 0 bridgehead atoms. The Bertz CT molecular complexity index is 742. The van der Waals surface area contributed by atoms with Gasteiger partial charge >= 0.3 is 0 Å². The molecule has 1 aliphatic rings. The van der Waals surface area contributed by atoms with Crippen molar-refractivity contribution in [2.45, 2.75) is 19.9 Å². The lowest BCUT2D eigenvalue weighted by Gasteiger charge is -2.29. The zero-order chi connectivity index (χ0) is 19.8. The summed E-state index contributed by atoms with van der Waals surface area (Å²) in [4.78, 5) is 4.61. The Hall–Kier alpha value is -2.09. The van der Waals surface area contributed by atoms with E-state index in [0.29, 0.717) is 11.7 Å². The third-order valence-corrected chi connectivity index (χ3v) is 5.14. The van der Waals surface area contributed by atoms with E-state index < -0.39 is 0 Å². The molecule has 1 aromatic heterocycles. The minimum Gasteiger partial charge on any atom is -0.497 e. The van der Waals surface area contributed by atoms with Gasteiger partial charge in [-0.25, -0.2) is 0 Å². The third-order valence-electron chi connectivity index (χ3n) is 4.78. The third kappa shape index (κ3) is 6.22. The van der Waals surface area contributed by atoms with Gasteiger partial charge in [0, 0.05) is 31.9 Å². The van der Waals surface area contributed by atoms with Gasteiger partial charge in [0.15, 0.2) is 5.11 Å². The number of anilines is 1. The molecule has 0 atom stereocenters. The molecular weight excluding hydrogens is 374 g/mol. The number of aryl methyl sites for hydroxylation is 1. The highest BCUT2D eigenvalue weighted by Crippen LogP contribution is 2.17. The summed E-state index contributed by atoms with van der Waals surface area (Å²) < 4.78 is 16.4. The summed E-state index contributed by atoms with van der Waals surface area (Å²) in [5, 5.41) is 4.03. The van der Waals surface area contributed by atoms with Gasteiger partial charge in [0.1, 0.15) is 17.3 Å². The van der Waals surface area contributed by atoms with Crippen LogP contribution in [0.3, 0.4) is 0 Å². The molecule has 1 N–H and O–H groups in total. The number of benzene rings is 1. The van der Waals surface area contributed by atoms with Crippen molar-refractivity contribution in [1.82, 2.24) is 9.80 Å². The average Bonchev–Trinajstić information content (AvgIpc) is 3.13. The van der Waals surface area contributed by atoms with Crippen molar-refractivity contribution >= 4 is 23.0 Å². The molecule has 0 radical (unpaired) electrons. The summed E-state index contributed by atoms with van der Waals surface area (Å²) in [7, 11) is 1.66. The number of furan rings is 1. The van der Waals surface area contributed by atoms with Crippen LogP contribution in [0.1, 0.15) is 17.9 Å². The van der Waals surface area contributed by atoms with Crippen LogP contribution in [0.15, 0.2) is 40.8 Å². The van der Waals surface area contributed by atoms with Crippen molar-refractivity contribution in [1.29, 1.82) is 0 Å². The highest BCUT2D eigenvalue weighted by molar-refractivity contribution is 7.80. The first kappa shape index (κ1) is 20.6. The highest BCUT2D eigenvalue weighted by Gasteiger charge is 2.15. The van der Waals surface area contributed by atoms with E-state index in [2.05, 4.69) is 15.1 Å². The van der Waals surface area contributed by atoms with Crippen LogP contribution in [-0.4, -0.2) is 61.4 Å². The van der Waals surface area contributed by atoms with Crippen molar-refractivity contribution in [3.8, 4) is 5.75 Å². The fourth-order valence-corrected chi connectivity index (χ4v) is 3.47. The van der Waals surface area contributed by atoms with Crippen molar-refractivity contribution in [2.75, 3.05) is 51.8 Å². The second kappa shape index (κ2) is 10.5. The molecule has 6 nitrogen and oxygen atoms in total. The van der Waals surface area contributed by atoms with Crippen LogP contribution in [-0.2, 0) is 11.3 Å². The SMILES string of the molecule is COc1ccc(NC(=S)N(CCCN2CCOCC2)Cc2ccc(C)o2)cc1. The number of methoxy groups -OCH3 is 1. The molecule has 7 heteroatoms. The normalized spacial score (nSPS) is 14.6. The van der Waals surface area contributed by atoms with E-state index >= 15 is 0 Å². The number of thiocarbonyl (C=S) groups is 1. The molecular formula is C21H29N3O3S. The minimum absolute atomic E-state index is 0.652. The van der Waals surface area contributed by atoms with Crippen LogP contribution in [0.4, 0.5) is 5.69 Å². The first-order valence-corrected chi connectivity index (χ1v) is 10.1. The molecule has 2 heterocycles. The molecule has 0 saturated carbocycles. The van der Waals surface area contributed by atoms with E-state index in [1.807, 2.05) is 43.3 Å². The van der Waals surface area contributed by atoms with Crippen LogP contribution >= 0.6 is 12.2 Å². The Morgan fingerprint density at radius 2 is 1.93 bits per heavy atom. The maximum atomic E-state index is 5.77. The minimum atomic E-state index is 0.652. The van der Waals surface area contributed by atoms with E-state index in [1.165, 1.54) is 0 Å². The lowest BCUT2D eigenvalue weighted by atomic mass is 10.3. The van der Waals surface area contributed by atoms with Gasteiger partial charge in [-0.15, -0.1) is 0 Å². The molecule has 0 spiro atoms. The maximum absolute atomic E-state index is 5.77. The lowest BCUT2D eigenvalue weighted by molar-refractivity contribution is 0.0367. The summed E-state index contributed by atoms with van der Waals surface area (Å²) in [5.74, 6) is 2.66. The first-order valence-electron chi connectivity index (χ1n) is 9.69. The van der Waals surface area contributed by atoms with Crippen LogP contribution in [0.25, 0.3) is 0 Å². The van der Waals surface area contributed by atoms with E-state index in [4.69, 9.17) is 26.1 Å². The van der Waals surface area contributed by atoms with Gasteiger partial charge in [0.25, 0.3) is 0 Å². The molecule has 3 rings (SSSR count). The molecule has 28 heavy (non-hydrogen) atoms. The second-order valence-electron chi connectivity index (χ2n) is 6.90. The zero-order valence-electron chi connectivity index (χ0n) is 16.6. The van der Waals surface area contributed by atoms with Gasteiger partial charge in [-0.05, 0) is 62.0 Å². The van der Waals surface area contributed by atoms with E-state index in [-0.39, 0.29) is 0 Å². The maximum Gasteiger partial charge on any atom is 0.173 e. The van der Waals surface area contributed by atoms with Gasteiger partial charge in [0.05, 0.1) is 26.9 Å². The largest absolute Gasteiger partial charge is 0.497 e. The van der Waals surface area contributed by atoms with E-state index in [9.17, 15) is 0 Å². The fourth-order valence-electron chi connectivity index (χ4n) is 3.20. The smallest absolute Gasteiger partial charge is 0.173 e. The predicted octanol–water partition coefficient (Wildman–Crippen LogP) is 3.52. The standard InChI is InChI=1S/C21H29N3O3S/c1-17-4-7-20(27-17)16-24(11-3-10-23-12-14-26-15-13-23)21(28)22-18-5-8-19(25-2)9-6-18/h4-9H,3,10-16H2,1-2H3,(H,22,28). The molecule has 1 aliphatic heterocycles. The van der Waals surface area contributed by atoms with Crippen molar-refractivity contribution in [3.63, 3.8) is 0 Å². The monoisotopic (exact) mass is 403 g/mol. The number of morpholine rings is 1. The van der Waals surface area contributed by atoms with Gasteiger partial charge < -0.3 is 24.1 Å². The van der Waals surface area contributed by atoms with Crippen LogP contribution in [0.2, 0.25) is 0 Å². The highest BCUT2D eigenvalue weighted by atomic mass is 32.1. The molecule has 2 aromatic rings. The average molecular weight is 404 g/mol. The summed E-state index contributed by atoms with van der Waals surface area (Å²) in [6, 6.07) is 11.8. The Morgan fingerprint density at radius 3 is 2.57 bits per heavy atom. The van der Waals surface area contributed by atoms with Crippen LogP contribution < -0.4 is 10.1 Å². The first-order chi connectivity index (χ1) is 13.6. The van der Waals surface area contributed by atoms with Gasteiger partial charge in [-0.2, -0.15) is 0 Å². The van der Waals surface area contributed by atoms with Crippen molar-refractivity contribution in [2.24, 2.45) is 0 Å². The van der Waals surface area contributed by atoms with E-state index in [0.717, 1.165) is 68.8 Å². The quantitative estimate of drug-likeness (QED) is 0.677. The second-order valence-corrected chi connectivity index (χ2v) is 7.29.